The highest BCUT2D eigenvalue weighted by Crippen LogP contribution is 2.14. The Labute approximate surface area is 74.3 Å². The highest BCUT2D eigenvalue weighted by Gasteiger charge is 2.01. The number of hydrogen-bond donors (Lipinski definition) is 0. The third kappa shape index (κ3) is 1.34. The van der Waals surface area contributed by atoms with Crippen LogP contribution in [0.2, 0.25) is 0 Å². The van der Waals surface area contributed by atoms with E-state index in [1.54, 1.807) is 0 Å². The van der Waals surface area contributed by atoms with Crippen LogP contribution in [0.25, 0.3) is 0 Å². The fourth-order valence-corrected chi connectivity index (χ4v) is 1.27. The molecule has 44 valence electrons. The van der Waals surface area contributed by atoms with Crippen molar-refractivity contribution in [3.63, 3.8) is 0 Å². The van der Waals surface area contributed by atoms with Crippen molar-refractivity contribution in [2.45, 2.75) is 6.92 Å². The molecule has 0 unspecified atom stereocenters. The molecule has 0 saturated carbocycles. The minimum atomic E-state index is 0.735. The first-order chi connectivity index (χ1) is 3.70. The minimum absolute atomic E-state index is 0.735. The molecule has 1 aromatic rings. The van der Waals surface area contributed by atoms with Gasteiger partial charge < -0.3 is 4.42 Å². The third-order valence-electron chi connectivity index (χ3n) is 0.655. The first kappa shape index (κ1) is 6.79. The molecule has 0 amide bonds. The van der Waals surface area contributed by atoms with Gasteiger partial charge in [0.2, 0.25) is 0 Å². The number of nitrogens with zero attached hydrogens (tertiary/aromatic N) is 1. The zero-order chi connectivity index (χ0) is 6.15. The number of aryl methyl sites for hydroxylation is 1. The van der Waals surface area contributed by atoms with Crippen molar-refractivity contribution in [2.75, 3.05) is 0 Å². The van der Waals surface area contributed by atoms with Crippen LogP contribution in [0.4, 0.5) is 0 Å². The van der Waals surface area contributed by atoms with Gasteiger partial charge in [-0.1, -0.05) is 0 Å². The lowest BCUT2D eigenvalue weighted by Gasteiger charge is -1.73. The standard InChI is InChI=1S/C4H3I2NO/c1-2-7-3(5)4(6)8-2/h1H3. The summed E-state index contributed by atoms with van der Waals surface area (Å²) in [5, 5.41) is 0. The molecular weight excluding hydrogens is 332 g/mol. The average Bonchev–Trinajstić information content (AvgIpc) is 1.85. The average molecular weight is 335 g/mol. The lowest BCUT2D eigenvalue weighted by atomic mass is 10.8. The van der Waals surface area contributed by atoms with Gasteiger partial charge in [-0.3, -0.25) is 0 Å². The smallest absolute Gasteiger partial charge is 0.197 e. The van der Waals surface area contributed by atoms with Crippen LogP contribution in [0.5, 0.6) is 0 Å². The lowest BCUT2D eigenvalue weighted by Crippen LogP contribution is -1.69. The SMILES string of the molecule is Cc1nc(I)c(I)o1. The molecule has 0 N–H and O–H groups in total. The maximum atomic E-state index is 5.08. The highest BCUT2D eigenvalue weighted by atomic mass is 127. The van der Waals surface area contributed by atoms with Gasteiger partial charge in [0, 0.05) is 29.5 Å². The van der Waals surface area contributed by atoms with Gasteiger partial charge in [0.1, 0.15) is 0 Å². The van der Waals surface area contributed by atoms with Gasteiger partial charge in [-0.25, -0.2) is 4.98 Å². The van der Waals surface area contributed by atoms with Gasteiger partial charge in [0.05, 0.1) is 0 Å². The molecule has 8 heavy (non-hydrogen) atoms. The van der Waals surface area contributed by atoms with E-state index in [1.807, 2.05) is 6.92 Å². The molecule has 0 radical (unpaired) electrons. The summed E-state index contributed by atoms with van der Waals surface area (Å²) in [6.07, 6.45) is 0. The van der Waals surface area contributed by atoms with E-state index in [4.69, 9.17) is 4.42 Å². The largest absolute Gasteiger partial charge is 0.434 e. The van der Waals surface area contributed by atoms with Gasteiger partial charge in [-0.15, -0.1) is 0 Å². The van der Waals surface area contributed by atoms with E-state index in [1.165, 1.54) is 0 Å². The van der Waals surface area contributed by atoms with E-state index in [0.717, 1.165) is 13.4 Å². The summed E-state index contributed by atoms with van der Waals surface area (Å²) >= 11 is 4.24. The van der Waals surface area contributed by atoms with Crippen molar-refractivity contribution >= 4 is 45.2 Å². The summed E-state index contributed by atoms with van der Waals surface area (Å²) in [7, 11) is 0. The Kier molecular flexibility index (Phi) is 2.13. The molecule has 0 aliphatic heterocycles. The highest BCUT2D eigenvalue weighted by molar-refractivity contribution is 14.1. The van der Waals surface area contributed by atoms with E-state index >= 15 is 0 Å². The Morgan fingerprint density at radius 3 is 2.25 bits per heavy atom. The molecule has 0 atom stereocenters. The number of halogens is 2. The number of hydrogen-bond acceptors (Lipinski definition) is 2. The Balaban J connectivity index is 3.14. The maximum absolute atomic E-state index is 5.08. The molecule has 2 nitrogen and oxygen atoms in total. The Bertz CT molecular complexity index is 176. The van der Waals surface area contributed by atoms with Gasteiger partial charge in [0.15, 0.2) is 13.4 Å². The van der Waals surface area contributed by atoms with Crippen LogP contribution < -0.4 is 0 Å². The molecule has 0 fully saturated rings. The molecule has 0 spiro atoms. The van der Waals surface area contributed by atoms with Gasteiger partial charge >= 0.3 is 0 Å². The first-order valence-corrected chi connectivity index (χ1v) is 4.14. The second-order valence-corrected chi connectivity index (χ2v) is 3.30. The van der Waals surface area contributed by atoms with Crippen molar-refractivity contribution < 1.29 is 4.42 Å². The normalized spacial score (nSPS) is 9.88. The predicted octanol–water partition coefficient (Wildman–Crippen LogP) is 2.19. The molecule has 1 heterocycles. The van der Waals surface area contributed by atoms with E-state index in [2.05, 4.69) is 50.2 Å². The molecule has 1 rings (SSSR count). The zero-order valence-corrected chi connectivity index (χ0v) is 8.43. The van der Waals surface area contributed by atoms with Crippen molar-refractivity contribution in [3.05, 3.63) is 13.4 Å². The Morgan fingerprint density at radius 1 is 1.50 bits per heavy atom. The molecule has 1 aromatic heterocycles. The van der Waals surface area contributed by atoms with Gasteiger partial charge in [-0.05, 0) is 22.6 Å². The van der Waals surface area contributed by atoms with Crippen molar-refractivity contribution in [3.8, 4) is 0 Å². The second kappa shape index (κ2) is 2.51. The van der Waals surface area contributed by atoms with Crippen molar-refractivity contribution in [1.82, 2.24) is 4.98 Å². The summed E-state index contributed by atoms with van der Waals surface area (Å²) < 4.78 is 6.90. The second-order valence-electron chi connectivity index (χ2n) is 1.30. The molecular formula is C4H3I2NO. The Hall–Kier alpha value is 0.670. The molecule has 4 heteroatoms. The molecule has 0 bridgehead atoms. The van der Waals surface area contributed by atoms with E-state index in [0.29, 0.717) is 0 Å². The molecule has 0 aliphatic rings. The van der Waals surface area contributed by atoms with Crippen LogP contribution in [0.1, 0.15) is 5.89 Å². The lowest BCUT2D eigenvalue weighted by molar-refractivity contribution is 0.496. The number of oxazole rings is 1. The van der Waals surface area contributed by atoms with Crippen molar-refractivity contribution in [1.29, 1.82) is 0 Å². The van der Waals surface area contributed by atoms with Crippen LogP contribution in [0.3, 0.4) is 0 Å². The van der Waals surface area contributed by atoms with Gasteiger partial charge in [-0.2, -0.15) is 0 Å². The summed E-state index contributed by atoms with van der Waals surface area (Å²) in [6, 6.07) is 0. The summed E-state index contributed by atoms with van der Waals surface area (Å²) in [4.78, 5) is 4.02. The fourth-order valence-electron chi connectivity index (χ4n) is 0.377. The summed E-state index contributed by atoms with van der Waals surface area (Å²) in [5.74, 6) is 0.735. The summed E-state index contributed by atoms with van der Waals surface area (Å²) in [5.41, 5.74) is 0. The van der Waals surface area contributed by atoms with E-state index < -0.39 is 0 Å². The quantitative estimate of drug-likeness (QED) is 0.680. The number of rotatable bonds is 0. The van der Waals surface area contributed by atoms with Crippen LogP contribution >= 0.6 is 45.2 Å². The van der Waals surface area contributed by atoms with Crippen LogP contribution in [0, 0.1) is 14.4 Å². The predicted molar refractivity (Wildman–Crippen MR) is 46.7 cm³/mol. The van der Waals surface area contributed by atoms with Crippen LogP contribution in [0.15, 0.2) is 4.42 Å². The first-order valence-electron chi connectivity index (χ1n) is 1.98. The van der Waals surface area contributed by atoms with E-state index in [-0.39, 0.29) is 0 Å². The molecule has 0 aliphatic carbocycles. The van der Waals surface area contributed by atoms with Crippen LogP contribution in [-0.4, -0.2) is 4.98 Å². The topological polar surface area (TPSA) is 26.0 Å². The third-order valence-corrected chi connectivity index (χ3v) is 3.15. The molecule has 0 aromatic carbocycles. The molecule has 0 saturated heterocycles. The van der Waals surface area contributed by atoms with Crippen LogP contribution in [-0.2, 0) is 0 Å². The fraction of sp³-hybridized carbons (Fsp3) is 0.250. The minimum Gasteiger partial charge on any atom is -0.434 e. The number of aromatic nitrogens is 1. The maximum Gasteiger partial charge on any atom is 0.197 e. The Morgan fingerprint density at radius 2 is 2.12 bits per heavy atom. The van der Waals surface area contributed by atoms with E-state index in [9.17, 15) is 0 Å². The monoisotopic (exact) mass is 335 g/mol. The van der Waals surface area contributed by atoms with Gasteiger partial charge in [0.25, 0.3) is 0 Å². The summed E-state index contributed by atoms with van der Waals surface area (Å²) in [6.45, 7) is 1.84. The zero-order valence-electron chi connectivity index (χ0n) is 4.11. The van der Waals surface area contributed by atoms with Crippen molar-refractivity contribution in [2.24, 2.45) is 0 Å².